The Morgan fingerprint density at radius 1 is 1.13 bits per heavy atom. The van der Waals surface area contributed by atoms with Gasteiger partial charge in [-0.15, -0.1) is 24.0 Å². The number of amides is 1. The van der Waals surface area contributed by atoms with Gasteiger partial charge in [0.2, 0.25) is 0 Å². The highest BCUT2D eigenvalue weighted by molar-refractivity contribution is 14.0. The van der Waals surface area contributed by atoms with Gasteiger partial charge in [0.15, 0.2) is 5.96 Å². The number of fused-ring (bicyclic) bond motifs is 1. The molecule has 0 aliphatic rings. The van der Waals surface area contributed by atoms with Gasteiger partial charge in [0.05, 0.1) is 6.04 Å². The zero-order chi connectivity index (χ0) is 21.5. The van der Waals surface area contributed by atoms with E-state index in [-0.39, 0.29) is 35.9 Å². The van der Waals surface area contributed by atoms with Crippen LogP contribution in [-0.2, 0) is 6.42 Å². The maximum Gasteiger partial charge on any atom is 0.253 e. The monoisotopic (exact) mass is 534 g/mol. The Kier molecular flexibility index (Phi) is 9.36. The zero-order valence-electron chi connectivity index (χ0n) is 18.5. The molecule has 1 heterocycles. The highest BCUT2D eigenvalue weighted by Gasteiger charge is 2.13. The Morgan fingerprint density at radius 3 is 2.61 bits per heavy atom. The average molecular weight is 534 g/mol. The number of aliphatic imine (C=N–C) groups is 1. The van der Waals surface area contributed by atoms with Crippen molar-refractivity contribution in [1.29, 1.82) is 0 Å². The molecule has 3 rings (SSSR count). The minimum Gasteiger partial charge on any atom is -0.459 e. The minimum atomic E-state index is -0.0174. The van der Waals surface area contributed by atoms with E-state index in [0.29, 0.717) is 12.1 Å². The summed E-state index contributed by atoms with van der Waals surface area (Å²) in [5, 5.41) is 7.79. The summed E-state index contributed by atoms with van der Waals surface area (Å²) in [7, 11) is 3.52. The number of nitrogens with zero attached hydrogens (tertiary/aromatic N) is 2. The molecule has 0 aliphatic heterocycles. The molecule has 0 aliphatic carbocycles. The summed E-state index contributed by atoms with van der Waals surface area (Å²) in [6.45, 7) is 5.48. The van der Waals surface area contributed by atoms with Crippen LogP contribution in [0.25, 0.3) is 11.0 Å². The molecule has 2 N–H and O–H groups in total. The third-order valence-corrected chi connectivity index (χ3v) is 4.82. The molecule has 2 aromatic carbocycles. The second-order valence-corrected chi connectivity index (χ2v) is 7.46. The molecule has 7 heteroatoms. The fourth-order valence-corrected chi connectivity index (χ4v) is 3.23. The minimum absolute atomic E-state index is 0. The number of furan rings is 1. The molecule has 6 nitrogen and oxygen atoms in total. The molecule has 31 heavy (non-hydrogen) atoms. The van der Waals surface area contributed by atoms with Crippen LogP contribution < -0.4 is 10.6 Å². The van der Waals surface area contributed by atoms with E-state index >= 15 is 0 Å². The first-order valence-electron chi connectivity index (χ1n) is 10.3. The summed E-state index contributed by atoms with van der Waals surface area (Å²) in [6.07, 6.45) is 0.754. The fourth-order valence-electron chi connectivity index (χ4n) is 3.23. The van der Waals surface area contributed by atoms with Crippen LogP contribution in [0.2, 0.25) is 0 Å². The Bertz CT molecular complexity index is 996. The lowest BCUT2D eigenvalue weighted by molar-refractivity contribution is 0.0827. The molecule has 0 radical (unpaired) electrons. The van der Waals surface area contributed by atoms with Gasteiger partial charge in [-0.3, -0.25) is 9.79 Å². The molecule has 0 fully saturated rings. The molecule has 166 valence electrons. The summed E-state index contributed by atoms with van der Waals surface area (Å²) in [6, 6.07) is 17.8. The van der Waals surface area contributed by atoms with Gasteiger partial charge >= 0.3 is 0 Å². The number of carbonyl (C=O) groups is 1. The van der Waals surface area contributed by atoms with E-state index in [1.54, 1.807) is 19.0 Å². The molecule has 0 spiro atoms. The Morgan fingerprint density at radius 2 is 1.90 bits per heavy atom. The van der Waals surface area contributed by atoms with Gasteiger partial charge in [-0.2, -0.15) is 0 Å². The van der Waals surface area contributed by atoms with Crippen molar-refractivity contribution in [3.05, 3.63) is 71.5 Å². The predicted octanol–water partition coefficient (Wildman–Crippen LogP) is 4.61. The standard InChI is InChI=1S/C24H30N4O2.HI/c1-5-25-24(27-17(2)22-16-19-10-6-7-12-21(19)30-22)26-14-13-18-9-8-11-20(15-18)23(29)28(3)4;/h6-12,15-17H,5,13-14H2,1-4H3,(H2,25,26,27);1H. The first-order chi connectivity index (χ1) is 14.5. The van der Waals surface area contributed by atoms with Crippen molar-refractivity contribution in [2.24, 2.45) is 4.99 Å². The van der Waals surface area contributed by atoms with Crippen LogP contribution in [0, 0.1) is 0 Å². The quantitative estimate of drug-likeness (QED) is 0.264. The molecule has 1 atom stereocenters. The van der Waals surface area contributed by atoms with Gasteiger partial charge in [0, 0.05) is 38.1 Å². The van der Waals surface area contributed by atoms with Crippen LogP contribution >= 0.6 is 24.0 Å². The van der Waals surface area contributed by atoms with Gasteiger partial charge in [0.25, 0.3) is 5.91 Å². The zero-order valence-corrected chi connectivity index (χ0v) is 20.8. The van der Waals surface area contributed by atoms with Crippen molar-refractivity contribution < 1.29 is 9.21 Å². The van der Waals surface area contributed by atoms with E-state index in [2.05, 4.69) is 23.6 Å². The van der Waals surface area contributed by atoms with E-state index in [1.165, 1.54) is 0 Å². The molecule has 0 saturated carbocycles. The Hall–Kier alpha value is -2.55. The molecular weight excluding hydrogens is 503 g/mol. The number of guanidine groups is 1. The fraction of sp³-hybridized carbons (Fsp3) is 0.333. The summed E-state index contributed by atoms with van der Waals surface area (Å²) in [5.41, 5.74) is 2.67. The van der Waals surface area contributed by atoms with Crippen molar-refractivity contribution in [2.75, 3.05) is 27.2 Å². The molecule has 1 amide bonds. The Balaban J connectivity index is 0.00000341. The van der Waals surface area contributed by atoms with Gasteiger partial charge in [-0.1, -0.05) is 30.3 Å². The van der Waals surface area contributed by atoms with Gasteiger partial charge in [-0.25, -0.2) is 0 Å². The maximum absolute atomic E-state index is 12.2. The van der Waals surface area contributed by atoms with E-state index in [0.717, 1.165) is 41.2 Å². The van der Waals surface area contributed by atoms with Crippen molar-refractivity contribution in [2.45, 2.75) is 26.3 Å². The largest absolute Gasteiger partial charge is 0.459 e. The number of halogens is 1. The van der Waals surface area contributed by atoms with Crippen molar-refractivity contribution in [1.82, 2.24) is 15.5 Å². The number of para-hydroxylation sites is 1. The van der Waals surface area contributed by atoms with Crippen molar-refractivity contribution >= 4 is 46.8 Å². The second kappa shape index (κ2) is 11.7. The molecule has 0 bridgehead atoms. The molecule has 1 unspecified atom stereocenters. The lowest BCUT2D eigenvalue weighted by atomic mass is 10.1. The number of hydrogen-bond acceptors (Lipinski definition) is 3. The van der Waals surface area contributed by atoms with E-state index in [4.69, 9.17) is 9.41 Å². The highest BCUT2D eigenvalue weighted by atomic mass is 127. The summed E-state index contributed by atoms with van der Waals surface area (Å²) in [4.78, 5) is 18.4. The van der Waals surface area contributed by atoms with Gasteiger partial charge < -0.3 is 20.0 Å². The summed E-state index contributed by atoms with van der Waals surface area (Å²) in [5.74, 6) is 1.62. The maximum atomic E-state index is 12.2. The predicted molar refractivity (Wildman–Crippen MR) is 137 cm³/mol. The number of nitrogens with one attached hydrogen (secondary N) is 2. The van der Waals surface area contributed by atoms with E-state index in [1.807, 2.05) is 55.5 Å². The highest BCUT2D eigenvalue weighted by Crippen LogP contribution is 2.23. The van der Waals surface area contributed by atoms with E-state index < -0.39 is 0 Å². The van der Waals surface area contributed by atoms with E-state index in [9.17, 15) is 4.79 Å². The van der Waals surface area contributed by atoms with Gasteiger partial charge in [-0.05, 0) is 50.1 Å². The SMILES string of the molecule is CCNC(=NCCc1cccc(C(=O)N(C)C)c1)NC(C)c1cc2ccccc2o1.I. The Labute approximate surface area is 201 Å². The first-order valence-corrected chi connectivity index (χ1v) is 10.3. The molecule has 3 aromatic rings. The van der Waals surface area contributed by atoms with Crippen LogP contribution in [-0.4, -0.2) is 44.0 Å². The van der Waals surface area contributed by atoms with Crippen LogP contribution in [0.1, 0.15) is 41.6 Å². The summed E-state index contributed by atoms with van der Waals surface area (Å²) >= 11 is 0. The van der Waals surface area contributed by atoms with Crippen LogP contribution in [0.15, 0.2) is 64.0 Å². The number of hydrogen-bond donors (Lipinski definition) is 2. The summed E-state index contributed by atoms with van der Waals surface area (Å²) < 4.78 is 5.96. The van der Waals surface area contributed by atoms with Crippen molar-refractivity contribution in [3.63, 3.8) is 0 Å². The van der Waals surface area contributed by atoms with Crippen LogP contribution in [0.5, 0.6) is 0 Å². The first kappa shape index (κ1) is 24.7. The topological polar surface area (TPSA) is 69.9 Å². The molecular formula is C24H31IN4O2. The van der Waals surface area contributed by atoms with Crippen LogP contribution in [0.4, 0.5) is 0 Å². The lowest BCUT2D eigenvalue weighted by Crippen LogP contribution is -2.38. The lowest BCUT2D eigenvalue weighted by Gasteiger charge is -2.16. The molecule has 0 saturated heterocycles. The van der Waals surface area contributed by atoms with Crippen molar-refractivity contribution in [3.8, 4) is 0 Å². The van der Waals surface area contributed by atoms with Gasteiger partial charge in [0.1, 0.15) is 11.3 Å². The van der Waals surface area contributed by atoms with Crippen LogP contribution in [0.3, 0.4) is 0 Å². The third kappa shape index (κ3) is 6.72. The third-order valence-electron chi connectivity index (χ3n) is 4.82. The molecule has 1 aromatic heterocycles. The number of rotatable bonds is 7. The smallest absolute Gasteiger partial charge is 0.253 e. The number of carbonyl (C=O) groups excluding carboxylic acids is 1. The normalized spacial score (nSPS) is 12.2. The average Bonchev–Trinajstić information content (AvgIpc) is 3.18. The number of benzene rings is 2. The second-order valence-electron chi connectivity index (χ2n) is 7.46.